The van der Waals surface area contributed by atoms with Gasteiger partial charge in [-0.15, -0.1) is 0 Å². The quantitative estimate of drug-likeness (QED) is 0.00424. The lowest BCUT2D eigenvalue weighted by molar-refractivity contribution is -0.154. The summed E-state index contributed by atoms with van der Waals surface area (Å²) in [5, 5.41) is 162. The number of carboxylic acid groups (broad SMARTS) is 2. The second-order valence-corrected chi connectivity index (χ2v) is 30.0. The number of aliphatic imine (C=N–C) groups is 1. The number of ether oxygens (including phenoxy) is 10. The highest BCUT2D eigenvalue weighted by molar-refractivity contribution is 5.82. The Balaban J connectivity index is 0.000000233. The summed E-state index contributed by atoms with van der Waals surface area (Å²) in [4.78, 5) is 168. The van der Waals surface area contributed by atoms with E-state index in [0.717, 1.165) is 29.3 Å². The van der Waals surface area contributed by atoms with E-state index in [0.29, 0.717) is 38.0 Å². The first-order valence-electron chi connectivity index (χ1n) is 40.8. The third-order valence-electron chi connectivity index (χ3n) is 20.2. The summed E-state index contributed by atoms with van der Waals surface area (Å²) in [6.07, 6.45) is -15.8. The zero-order chi connectivity index (χ0) is 101. The Morgan fingerprint density at radius 3 is 0.905 bits per heavy atom. The first kappa shape index (κ1) is 111. The van der Waals surface area contributed by atoms with E-state index in [9.17, 15) is 109 Å². The standard InChI is InChI=1S/C15H25N7O7.C15H20N6O7.C15H25N5O7.C14H20N4O9.C13H18N4O9/c16-7(2-1-4-19-14(17)18)13(25)28-6-8-10(23)11(24)12(29-8)22-5-3-9(21-27)20-15(22)26;16-8(3-7-4-17-6-18-7)14(24)27-5-9-11(22)12(23)13(28-9)21-2-1-10(20-26)19-15(21)25;16-5-2-1-3-8(17)14(23)26-7-9-11(21)12(22)13(27-9)20-6-4-10(19-25)18-15(20)24;15-6(1-2-9(19)20)13(23)26-5-7-10(21)11(22)12(27-7)18-4-3-8(17-25)16-14(18)24;14-5(3-8(18)19)12(22)25-4-6-9(20)10(21)11(26-6)17-2-1-7(16-24)15-13(17)23/h3,5,7-8,10-12,23-24,27H,1-2,4,6,16H2,(H4,17,18,19)(H,20,21,26);1-2,4,6,8-9,11-13,22-23,26H,3,5,16H2,(H,17,18)(H,19,20,25);4,6,8-9,11-13,21-22,25H,1-3,5,7,16-17H2,(H,18,19,24);3-4,6-7,10-12,21-22,25H,1-2,5,15H2,(H,19,20)(H,16,17,24);1-2,5-6,9-11,20-21,24H,3-4,14H2,(H,18,19)(H,15,16,23)/t7-,8-,10-,11-,12-;2*8-,9-,11-,12-,13-;6-,7-,10-,11-,12-;5-,6-,9-,10-,11-/m11111/s1. The molecule has 0 bridgehead atoms. The van der Waals surface area contributed by atoms with Gasteiger partial charge in [0.15, 0.2) is 66.2 Å². The largest absolute Gasteiger partial charge is 0.481 e. The number of esters is 5. The lowest BCUT2D eigenvalue weighted by atomic mass is 10.1. The Morgan fingerprint density at radius 1 is 0.394 bits per heavy atom. The number of carboxylic acids is 2. The third-order valence-corrected chi connectivity index (χ3v) is 20.2. The molecule has 0 aliphatic carbocycles. The fourth-order valence-corrected chi connectivity index (χ4v) is 12.8. The van der Waals surface area contributed by atoms with E-state index in [2.05, 4.69) is 39.9 Å². The number of hydrogen-bond acceptors (Lipinski definition) is 55. The summed E-state index contributed by atoms with van der Waals surface area (Å²) in [6, 6.07) is 1.02. The summed E-state index contributed by atoms with van der Waals surface area (Å²) in [5.41, 5.74) is 48.8. The SMILES string of the molecule is NC(N)=NCCC[C@@H](N)C(=O)OC[C@H]1O[C@@H](n2ccc(NO)nc2=O)[C@H](O)[C@@H]1O.NCCCC[C@@H](N)C(=O)OC[C@H]1O[C@@H](n2ccc(NO)nc2=O)[C@H](O)[C@@H]1O.N[C@H](CC(=O)O)C(=O)OC[C@H]1O[C@@H](n2ccc(NO)nc2=O)[C@H](O)[C@@H]1O.N[C@H](CCC(=O)O)C(=O)OC[C@H]1O[C@@H](n2ccc(NO)nc2=O)[C@H](O)[C@@H]1O.N[C@H](Cc1cnc[nH]1)C(=O)OC[C@H]1O[C@@H](n2ccc(NO)nc2=O)[C@H](O)[C@@H]1O. The van der Waals surface area contributed by atoms with Crippen molar-refractivity contribution >= 4 is 76.8 Å². The summed E-state index contributed by atoms with van der Waals surface area (Å²) >= 11 is 0. The van der Waals surface area contributed by atoms with Gasteiger partial charge in [0.1, 0.15) is 155 Å². The fraction of sp³-hybridized carbons (Fsp3) is 0.569. The number of aliphatic carboxylic acids is 2. The number of aromatic nitrogens is 12. The minimum absolute atomic E-state index is 0.0572. The summed E-state index contributed by atoms with van der Waals surface area (Å²) in [5.74, 6) is -6.97. The average molecular weight is 1960 g/mol. The number of nitrogens with zero attached hydrogens (tertiary/aromatic N) is 12. The number of nitrogens with one attached hydrogen (secondary N) is 6. The van der Waals surface area contributed by atoms with E-state index in [1.807, 2.05) is 0 Å². The fourth-order valence-electron chi connectivity index (χ4n) is 12.8. The number of rotatable bonds is 40. The summed E-state index contributed by atoms with van der Waals surface area (Å²) in [6.45, 7) is -1.25. The van der Waals surface area contributed by atoms with Crippen LogP contribution in [0.1, 0.15) is 88.2 Å². The van der Waals surface area contributed by atoms with Crippen LogP contribution in [-0.4, -0.2) is 361 Å². The predicted molar refractivity (Wildman–Crippen MR) is 448 cm³/mol. The average Bonchev–Trinajstić information content (AvgIpc) is 1.67. The Morgan fingerprint density at radius 2 is 0.664 bits per heavy atom. The minimum Gasteiger partial charge on any atom is -0.481 e. The van der Waals surface area contributed by atoms with Crippen LogP contribution in [-0.2, 0) is 87.4 Å². The maximum Gasteiger partial charge on any atom is 0.351 e. The molecule has 0 unspecified atom stereocenters. The van der Waals surface area contributed by atoms with E-state index in [-0.39, 0.29) is 80.6 Å². The maximum absolute atomic E-state index is 12.0. The number of unbranched alkanes of at least 4 members (excludes halogenated alkanes) is 1. The van der Waals surface area contributed by atoms with Crippen LogP contribution < -0.4 is 102 Å². The number of hydrogen-bond donors (Lipinski definition) is 31. The highest BCUT2D eigenvalue weighted by Gasteiger charge is 2.50. The van der Waals surface area contributed by atoms with Crippen molar-refractivity contribution in [1.82, 2.24) is 57.7 Å². The number of anilines is 5. The van der Waals surface area contributed by atoms with Gasteiger partial charge in [-0.3, -0.25) is 115 Å². The van der Waals surface area contributed by atoms with Gasteiger partial charge < -0.3 is 160 Å². The highest BCUT2D eigenvalue weighted by Crippen LogP contribution is 2.34. The molecule has 5 saturated heterocycles. The molecule has 5 aliphatic rings. The molecular formula is C72H108N26O39. The van der Waals surface area contributed by atoms with Crippen LogP contribution in [0, 0.1) is 0 Å². The molecule has 65 nitrogen and oxygen atoms in total. The number of H-pyrrole nitrogens is 1. The zero-order valence-corrected chi connectivity index (χ0v) is 71.7. The Hall–Kier alpha value is -12.9. The normalized spacial score (nSPS) is 25.6. The predicted octanol–water partition coefficient (Wildman–Crippen LogP) is -13.8. The van der Waals surface area contributed by atoms with Crippen molar-refractivity contribution in [3.63, 3.8) is 0 Å². The third kappa shape index (κ3) is 31.6. The van der Waals surface area contributed by atoms with Crippen LogP contribution in [0.3, 0.4) is 0 Å². The van der Waals surface area contributed by atoms with Crippen molar-refractivity contribution < 1.29 is 168 Å². The number of guanidine groups is 1. The number of carbonyl (C=O) groups is 7. The van der Waals surface area contributed by atoms with Crippen LogP contribution in [0.5, 0.6) is 0 Å². The lowest BCUT2D eigenvalue weighted by Gasteiger charge is -2.17. The molecule has 39 N–H and O–H groups in total. The zero-order valence-electron chi connectivity index (χ0n) is 71.7. The van der Waals surface area contributed by atoms with Gasteiger partial charge in [-0.2, -0.15) is 24.9 Å². The van der Waals surface area contributed by atoms with Gasteiger partial charge in [-0.1, -0.05) is 6.42 Å². The molecule has 11 heterocycles. The number of nitrogens with two attached hydrogens (primary N) is 8. The number of carbonyl (C=O) groups excluding carboxylic acids is 5. The molecule has 25 atom stereocenters. The van der Waals surface area contributed by atoms with Crippen LogP contribution in [0.4, 0.5) is 29.1 Å². The van der Waals surface area contributed by atoms with Gasteiger partial charge in [0, 0.05) is 62.3 Å². The molecular weight excluding hydrogens is 1850 g/mol. The summed E-state index contributed by atoms with van der Waals surface area (Å²) < 4.78 is 56.6. The molecule has 0 amide bonds. The van der Waals surface area contributed by atoms with Crippen LogP contribution in [0.15, 0.2) is 103 Å². The van der Waals surface area contributed by atoms with Crippen LogP contribution >= 0.6 is 0 Å². The van der Waals surface area contributed by atoms with E-state index in [1.54, 1.807) is 27.4 Å². The molecule has 0 radical (unpaired) electrons. The van der Waals surface area contributed by atoms with Gasteiger partial charge in [0.2, 0.25) is 0 Å². The topological polar surface area (TPSA) is 1040 Å². The second-order valence-electron chi connectivity index (χ2n) is 30.0. The number of imidazole rings is 1. The van der Waals surface area contributed by atoms with Crippen molar-refractivity contribution in [2.45, 2.75) is 211 Å². The van der Waals surface area contributed by atoms with Crippen molar-refractivity contribution in [2.24, 2.45) is 50.9 Å². The van der Waals surface area contributed by atoms with E-state index < -0.39 is 243 Å². The molecule has 11 rings (SSSR count). The minimum atomic E-state index is -1.53. The van der Waals surface area contributed by atoms with Crippen LogP contribution in [0.25, 0.3) is 0 Å². The Bertz CT molecular complexity index is 5250. The van der Waals surface area contributed by atoms with Crippen LogP contribution in [0.2, 0.25) is 0 Å². The number of aromatic amines is 1. The molecule has 0 spiro atoms. The second kappa shape index (κ2) is 53.6. The van der Waals surface area contributed by atoms with E-state index in [1.165, 1.54) is 73.8 Å². The summed E-state index contributed by atoms with van der Waals surface area (Å²) in [7, 11) is 0. The van der Waals surface area contributed by atoms with Gasteiger partial charge in [0.05, 0.1) is 12.7 Å². The van der Waals surface area contributed by atoms with Crippen molar-refractivity contribution in [3.8, 4) is 0 Å². The Labute approximate surface area is 767 Å². The van der Waals surface area contributed by atoms with Gasteiger partial charge in [0.25, 0.3) is 0 Å². The van der Waals surface area contributed by atoms with Crippen molar-refractivity contribution in [1.29, 1.82) is 0 Å². The maximum atomic E-state index is 12.0. The molecule has 0 saturated carbocycles. The number of aliphatic hydroxyl groups is 10. The number of aliphatic hydroxyl groups excluding tert-OH is 10. The molecule has 0 aromatic carbocycles. The molecule has 137 heavy (non-hydrogen) atoms. The Kier molecular flexibility index (Phi) is 43.5. The van der Waals surface area contributed by atoms with Gasteiger partial charge in [-0.25, -0.2) is 29.0 Å². The molecule has 65 heteroatoms. The molecule has 760 valence electrons. The first-order valence-corrected chi connectivity index (χ1v) is 40.8. The van der Waals surface area contributed by atoms with Gasteiger partial charge in [-0.05, 0) is 69.0 Å². The van der Waals surface area contributed by atoms with E-state index >= 15 is 0 Å². The van der Waals surface area contributed by atoms with E-state index in [4.69, 9.17) is 129 Å². The van der Waals surface area contributed by atoms with Crippen molar-refractivity contribution in [3.05, 3.63) is 132 Å². The lowest BCUT2D eigenvalue weighted by Crippen LogP contribution is -2.39. The highest BCUT2D eigenvalue weighted by atomic mass is 16.6. The van der Waals surface area contributed by atoms with Crippen molar-refractivity contribution in [2.75, 3.05) is 73.5 Å². The monoisotopic (exact) mass is 1960 g/mol. The molecule has 6 aromatic heterocycles. The van der Waals surface area contributed by atoms with Gasteiger partial charge >= 0.3 is 70.2 Å². The smallest absolute Gasteiger partial charge is 0.351 e. The molecule has 5 aliphatic heterocycles. The first-order chi connectivity index (χ1) is 65.0. The molecule has 5 fully saturated rings. The molecule has 6 aromatic rings.